The van der Waals surface area contributed by atoms with Crippen LogP contribution in [0.5, 0.6) is 0 Å². The summed E-state index contributed by atoms with van der Waals surface area (Å²) in [7, 11) is -3.70. The molecule has 0 aliphatic heterocycles. The zero-order valence-electron chi connectivity index (χ0n) is 9.40. The molecular formula is C12H8Cl2INO2S. The van der Waals surface area contributed by atoms with Crippen molar-refractivity contribution in [1.82, 2.24) is 0 Å². The lowest BCUT2D eigenvalue weighted by atomic mass is 10.3. The highest BCUT2D eigenvalue weighted by Crippen LogP contribution is 2.25. The fourth-order valence-electron chi connectivity index (χ4n) is 1.43. The number of rotatable bonds is 3. The van der Waals surface area contributed by atoms with Gasteiger partial charge in [-0.15, -0.1) is 0 Å². The van der Waals surface area contributed by atoms with Crippen LogP contribution in [0.2, 0.25) is 10.0 Å². The predicted molar refractivity (Wildman–Crippen MR) is 86.4 cm³/mol. The Bertz CT molecular complexity index is 699. The Morgan fingerprint density at radius 2 is 1.58 bits per heavy atom. The predicted octanol–water partition coefficient (Wildman–Crippen LogP) is 4.40. The van der Waals surface area contributed by atoms with E-state index in [0.29, 0.717) is 5.69 Å². The summed E-state index contributed by atoms with van der Waals surface area (Å²) in [4.78, 5) is 0.0321. The van der Waals surface area contributed by atoms with Crippen LogP contribution in [0.1, 0.15) is 0 Å². The molecule has 0 atom stereocenters. The van der Waals surface area contributed by atoms with Crippen LogP contribution in [0.15, 0.2) is 47.4 Å². The summed E-state index contributed by atoms with van der Waals surface area (Å²) >= 11 is 13.7. The Hall–Kier alpha value is -0.500. The van der Waals surface area contributed by atoms with Crippen molar-refractivity contribution in [2.75, 3.05) is 4.72 Å². The standard InChI is InChI=1S/C12H8Cl2INO2S/c13-8-5-9(14)7-10(6-8)19(17,18)16-12-4-2-1-3-11(12)15/h1-7,16H. The van der Waals surface area contributed by atoms with Crippen molar-refractivity contribution >= 4 is 61.5 Å². The molecule has 0 saturated carbocycles. The molecule has 100 valence electrons. The van der Waals surface area contributed by atoms with Gasteiger partial charge in [0.05, 0.1) is 10.6 Å². The zero-order valence-corrected chi connectivity index (χ0v) is 13.9. The molecule has 0 saturated heterocycles. The first-order valence-corrected chi connectivity index (χ1v) is 8.44. The van der Waals surface area contributed by atoms with Gasteiger partial charge in [-0.3, -0.25) is 4.72 Å². The summed E-state index contributed by atoms with van der Waals surface area (Å²) in [6, 6.07) is 11.3. The van der Waals surface area contributed by atoms with E-state index in [0.717, 1.165) is 3.57 Å². The largest absolute Gasteiger partial charge is 0.279 e. The van der Waals surface area contributed by atoms with Gasteiger partial charge in [0, 0.05) is 13.6 Å². The SMILES string of the molecule is O=S(=O)(Nc1ccccc1I)c1cc(Cl)cc(Cl)c1. The molecule has 7 heteroatoms. The molecule has 0 radical (unpaired) electrons. The van der Waals surface area contributed by atoms with Gasteiger partial charge in [0.25, 0.3) is 10.0 Å². The van der Waals surface area contributed by atoms with Crippen molar-refractivity contribution < 1.29 is 8.42 Å². The third-order valence-corrected chi connectivity index (χ3v) is 4.99. The van der Waals surface area contributed by atoms with Gasteiger partial charge >= 0.3 is 0 Å². The Morgan fingerprint density at radius 1 is 1.00 bits per heavy atom. The third kappa shape index (κ3) is 3.75. The summed E-state index contributed by atoms with van der Waals surface area (Å²) in [5.74, 6) is 0. The number of halogens is 3. The Kier molecular flexibility index (Phi) is 4.60. The minimum absolute atomic E-state index is 0.0321. The molecule has 1 N–H and O–H groups in total. The van der Waals surface area contributed by atoms with Crippen molar-refractivity contribution in [3.8, 4) is 0 Å². The summed E-state index contributed by atoms with van der Waals surface area (Å²) in [5, 5.41) is 0.547. The first kappa shape index (κ1) is 14.9. The molecule has 0 aliphatic rings. The second-order valence-corrected chi connectivity index (χ2v) is 7.41. The van der Waals surface area contributed by atoms with Crippen LogP contribution in [0.25, 0.3) is 0 Å². The molecule has 0 aliphatic carbocycles. The minimum atomic E-state index is -3.70. The molecule has 2 aromatic rings. The number of nitrogens with one attached hydrogen (secondary N) is 1. The summed E-state index contributed by atoms with van der Waals surface area (Å²) in [6.07, 6.45) is 0. The molecule has 0 heterocycles. The molecule has 0 unspecified atom stereocenters. The number of hydrogen-bond acceptors (Lipinski definition) is 2. The van der Waals surface area contributed by atoms with E-state index in [9.17, 15) is 8.42 Å². The summed E-state index contributed by atoms with van der Waals surface area (Å²) in [6.45, 7) is 0. The van der Waals surface area contributed by atoms with Crippen molar-refractivity contribution in [2.24, 2.45) is 0 Å². The molecule has 0 amide bonds. The molecule has 2 rings (SSSR count). The first-order chi connectivity index (χ1) is 8.88. The smallest absolute Gasteiger partial charge is 0.262 e. The van der Waals surface area contributed by atoms with Gasteiger partial charge in [0.15, 0.2) is 0 Å². The van der Waals surface area contributed by atoms with E-state index < -0.39 is 10.0 Å². The monoisotopic (exact) mass is 427 g/mol. The number of benzene rings is 2. The van der Waals surface area contributed by atoms with Gasteiger partial charge in [-0.2, -0.15) is 0 Å². The van der Waals surface area contributed by atoms with Crippen molar-refractivity contribution in [3.63, 3.8) is 0 Å². The summed E-state index contributed by atoms with van der Waals surface area (Å²) < 4.78 is 27.8. The number of anilines is 1. The quantitative estimate of drug-likeness (QED) is 0.738. The molecular weight excluding hydrogens is 420 g/mol. The van der Waals surface area contributed by atoms with E-state index in [1.54, 1.807) is 12.1 Å². The molecule has 3 nitrogen and oxygen atoms in total. The summed E-state index contributed by atoms with van der Waals surface area (Å²) in [5.41, 5.74) is 0.513. The van der Waals surface area contributed by atoms with Crippen LogP contribution < -0.4 is 4.72 Å². The van der Waals surface area contributed by atoms with E-state index in [4.69, 9.17) is 23.2 Å². The average molecular weight is 428 g/mol. The van der Waals surface area contributed by atoms with E-state index in [2.05, 4.69) is 27.3 Å². The van der Waals surface area contributed by atoms with Crippen LogP contribution in [0.4, 0.5) is 5.69 Å². The van der Waals surface area contributed by atoms with Gasteiger partial charge in [-0.25, -0.2) is 8.42 Å². The van der Waals surface area contributed by atoms with Crippen LogP contribution >= 0.6 is 45.8 Å². The van der Waals surface area contributed by atoms with E-state index in [1.807, 2.05) is 12.1 Å². The highest BCUT2D eigenvalue weighted by atomic mass is 127. The van der Waals surface area contributed by atoms with Crippen LogP contribution in [0, 0.1) is 3.57 Å². The highest BCUT2D eigenvalue weighted by Gasteiger charge is 2.16. The fourth-order valence-corrected chi connectivity index (χ4v) is 3.94. The molecule has 0 spiro atoms. The van der Waals surface area contributed by atoms with Gasteiger partial charge in [0.1, 0.15) is 0 Å². The molecule has 0 bridgehead atoms. The third-order valence-electron chi connectivity index (χ3n) is 2.26. The molecule has 0 fully saturated rings. The second kappa shape index (κ2) is 5.87. The lowest BCUT2D eigenvalue weighted by Crippen LogP contribution is -2.13. The Morgan fingerprint density at radius 3 is 2.16 bits per heavy atom. The molecule has 2 aromatic carbocycles. The normalized spacial score (nSPS) is 11.3. The Labute approximate surface area is 135 Å². The minimum Gasteiger partial charge on any atom is -0.279 e. The lowest BCUT2D eigenvalue weighted by molar-refractivity contribution is 0.601. The number of para-hydroxylation sites is 1. The van der Waals surface area contributed by atoms with E-state index >= 15 is 0 Å². The van der Waals surface area contributed by atoms with Crippen LogP contribution in [-0.4, -0.2) is 8.42 Å². The fraction of sp³-hybridized carbons (Fsp3) is 0. The molecule has 0 aromatic heterocycles. The van der Waals surface area contributed by atoms with Crippen LogP contribution in [0.3, 0.4) is 0 Å². The lowest BCUT2D eigenvalue weighted by Gasteiger charge is -2.10. The van der Waals surface area contributed by atoms with Gasteiger partial charge in [-0.1, -0.05) is 35.3 Å². The van der Waals surface area contributed by atoms with Gasteiger partial charge in [-0.05, 0) is 52.9 Å². The van der Waals surface area contributed by atoms with E-state index in [1.165, 1.54) is 18.2 Å². The Balaban J connectivity index is 2.41. The first-order valence-electron chi connectivity index (χ1n) is 5.12. The van der Waals surface area contributed by atoms with Crippen molar-refractivity contribution in [2.45, 2.75) is 4.90 Å². The second-order valence-electron chi connectivity index (χ2n) is 3.69. The van der Waals surface area contributed by atoms with Gasteiger partial charge < -0.3 is 0 Å². The number of hydrogen-bond donors (Lipinski definition) is 1. The van der Waals surface area contributed by atoms with Crippen molar-refractivity contribution in [3.05, 3.63) is 56.1 Å². The van der Waals surface area contributed by atoms with E-state index in [-0.39, 0.29) is 14.9 Å². The topological polar surface area (TPSA) is 46.2 Å². The zero-order chi connectivity index (χ0) is 14.0. The average Bonchev–Trinajstić information content (AvgIpc) is 2.31. The highest BCUT2D eigenvalue weighted by molar-refractivity contribution is 14.1. The van der Waals surface area contributed by atoms with Gasteiger partial charge in [0.2, 0.25) is 0 Å². The number of sulfonamides is 1. The maximum Gasteiger partial charge on any atom is 0.262 e. The van der Waals surface area contributed by atoms with Crippen molar-refractivity contribution in [1.29, 1.82) is 0 Å². The maximum atomic E-state index is 12.2. The maximum absolute atomic E-state index is 12.2. The molecule has 19 heavy (non-hydrogen) atoms. The van der Waals surface area contributed by atoms with Crippen LogP contribution in [-0.2, 0) is 10.0 Å².